The minimum absolute atomic E-state index is 0.0562. The van der Waals surface area contributed by atoms with Crippen molar-refractivity contribution in [1.82, 2.24) is 30.4 Å². The molecular weight excluding hydrogens is 496 g/mol. The highest BCUT2D eigenvalue weighted by Crippen LogP contribution is 2.19. The lowest BCUT2D eigenvalue weighted by Crippen LogP contribution is -2.48. The number of oxazole rings is 1. The molecule has 0 aliphatic rings. The molecule has 39 heavy (non-hydrogen) atoms. The minimum Gasteiger partial charge on any atom is -0.447 e. The zero-order chi connectivity index (χ0) is 27.0. The number of hydrogen-bond donors (Lipinski definition) is 2. The maximum absolute atomic E-state index is 13.5. The fraction of sp³-hybridized carbons (Fsp3) is 0.103. The number of carbonyl (C=O) groups excluding carboxylic acids is 3. The Morgan fingerprint density at radius 3 is 2.38 bits per heavy atom. The normalized spacial score (nSPS) is 11.5. The van der Waals surface area contributed by atoms with Gasteiger partial charge in [-0.25, -0.2) is 14.6 Å². The first-order chi connectivity index (χ1) is 19.1. The van der Waals surface area contributed by atoms with Gasteiger partial charge in [0, 0.05) is 24.4 Å². The Kier molecular flexibility index (Phi) is 7.63. The molecule has 5 aromatic rings. The van der Waals surface area contributed by atoms with Crippen molar-refractivity contribution in [1.29, 1.82) is 0 Å². The van der Waals surface area contributed by atoms with Crippen LogP contribution in [0.1, 0.15) is 21.8 Å². The third-order valence-electron chi connectivity index (χ3n) is 5.92. The summed E-state index contributed by atoms with van der Waals surface area (Å²) in [5.74, 6) is -1.68. The molecule has 0 aliphatic carbocycles. The van der Waals surface area contributed by atoms with Gasteiger partial charge in [0.05, 0.1) is 24.0 Å². The molecule has 0 aliphatic heterocycles. The molecule has 2 aromatic carbocycles. The van der Waals surface area contributed by atoms with Crippen molar-refractivity contribution >= 4 is 17.6 Å². The first-order valence-electron chi connectivity index (χ1n) is 12.2. The predicted molar refractivity (Wildman–Crippen MR) is 142 cm³/mol. The van der Waals surface area contributed by atoms with Crippen LogP contribution in [0.3, 0.4) is 0 Å². The van der Waals surface area contributed by atoms with Gasteiger partial charge in [-0.15, -0.1) is 0 Å². The highest BCUT2D eigenvalue weighted by atomic mass is 16.3. The molecular formula is C29H24N6O4. The van der Waals surface area contributed by atoms with Crippen LogP contribution in [0.4, 0.5) is 0 Å². The molecule has 194 valence electrons. The summed E-state index contributed by atoms with van der Waals surface area (Å²) in [6.45, 7) is -0.0562. The molecule has 0 fully saturated rings. The van der Waals surface area contributed by atoms with Crippen LogP contribution in [0.25, 0.3) is 17.1 Å². The van der Waals surface area contributed by atoms with Crippen LogP contribution in [0.2, 0.25) is 0 Å². The maximum atomic E-state index is 13.5. The molecule has 0 bridgehead atoms. The van der Waals surface area contributed by atoms with Gasteiger partial charge in [-0.05, 0) is 23.8 Å². The van der Waals surface area contributed by atoms with Crippen molar-refractivity contribution in [2.75, 3.05) is 0 Å². The summed E-state index contributed by atoms with van der Waals surface area (Å²) in [5.41, 5.74) is 2.61. The topological polar surface area (TPSA) is 132 Å². The van der Waals surface area contributed by atoms with Crippen LogP contribution in [0, 0.1) is 0 Å². The molecule has 1 atom stereocenters. The Balaban J connectivity index is 1.37. The molecule has 0 unspecified atom stereocenters. The highest BCUT2D eigenvalue weighted by molar-refractivity contribution is 6.38. The average molecular weight is 521 g/mol. The largest absolute Gasteiger partial charge is 0.447 e. The number of nitrogens with zero attached hydrogens (tertiary/aromatic N) is 4. The smallest absolute Gasteiger partial charge is 0.290 e. The second-order valence-corrected chi connectivity index (χ2v) is 8.57. The number of benzene rings is 2. The van der Waals surface area contributed by atoms with Gasteiger partial charge in [-0.2, -0.15) is 5.10 Å². The number of rotatable bonds is 10. The van der Waals surface area contributed by atoms with Crippen LogP contribution in [-0.4, -0.2) is 43.4 Å². The molecule has 5 rings (SSSR count). The number of pyridine rings is 1. The van der Waals surface area contributed by atoms with Crippen LogP contribution >= 0.6 is 0 Å². The van der Waals surface area contributed by atoms with Gasteiger partial charge in [0.25, 0.3) is 11.8 Å². The first-order valence-corrected chi connectivity index (χ1v) is 12.2. The van der Waals surface area contributed by atoms with E-state index in [2.05, 4.69) is 25.7 Å². The number of hydrogen-bond acceptors (Lipinski definition) is 7. The lowest BCUT2D eigenvalue weighted by atomic mass is 10.0. The molecule has 3 heterocycles. The van der Waals surface area contributed by atoms with Gasteiger partial charge in [-0.3, -0.25) is 14.4 Å². The van der Waals surface area contributed by atoms with Gasteiger partial charge in [0.1, 0.15) is 12.3 Å². The summed E-state index contributed by atoms with van der Waals surface area (Å²) < 4.78 is 6.61. The lowest BCUT2D eigenvalue weighted by molar-refractivity contribution is -0.139. The van der Waals surface area contributed by atoms with E-state index in [1.807, 2.05) is 66.7 Å². The molecule has 3 aromatic heterocycles. The van der Waals surface area contributed by atoms with Gasteiger partial charge < -0.3 is 15.1 Å². The number of aromatic nitrogens is 4. The Labute approximate surface area is 223 Å². The fourth-order valence-electron chi connectivity index (χ4n) is 4.00. The van der Waals surface area contributed by atoms with Crippen molar-refractivity contribution < 1.29 is 18.8 Å². The zero-order valence-electron chi connectivity index (χ0n) is 20.7. The molecule has 0 radical (unpaired) electrons. The standard InChI is InChI=1S/C29H24N6O4/c36-26(29(38)32-19-25-30-15-17-39-25)24(18-20-8-3-1-4-9-20)33-28(37)22-12-7-14-31-27(22)35-16-13-23(34-35)21-10-5-2-6-11-21/h1-17,24H,18-19H2,(H,32,38)(H,33,37)/t24-/m1/s1. The fourth-order valence-corrected chi connectivity index (χ4v) is 4.00. The number of ketones is 1. The third kappa shape index (κ3) is 6.13. The third-order valence-corrected chi connectivity index (χ3v) is 5.92. The van der Waals surface area contributed by atoms with Crippen molar-refractivity contribution in [3.8, 4) is 17.1 Å². The van der Waals surface area contributed by atoms with Crippen LogP contribution < -0.4 is 10.6 Å². The van der Waals surface area contributed by atoms with Crippen molar-refractivity contribution in [3.05, 3.63) is 121 Å². The summed E-state index contributed by atoms with van der Waals surface area (Å²) >= 11 is 0. The number of amides is 2. The van der Waals surface area contributed by atoms with Gasteiger partial charge in [0.2, 0.25) is 11.7 Å². The second kappa shape index (κ2) is 11.8. The van der Waals surface area contributed by atoms with Crippen LogP contribution in [0.15, 0.2) is 108 Å². The minimum atomic E-state index is -1.13. The maximum Gasteiger partial charge on any atom is 0.290 e. The Morgan fingerprint density at radius 1 is 0.872 bits per heavy atom. The van der Waals surface area contributed by atoms with E-state index in [0.29, 0.717) is 5.69 Å². The summed E-state index contributed by atoms with van der Waals surface area (Å²) in [7, 11) is 0. The average Bonchev–Trinajstić information content (AvgIpc) is 3.69. The van der Waals surface area contributed by atoms with Gasteiger partial charge in [0.15, 0.2) is 5.82 Å². The lowest BCUT2D eigenvalue weighted by Gasteiger charge is -2.18. The second-order valence-electron chi connectivity index (χ2n) is 8.57. The molecule has 0 saturated carbocycles. The van der Waals surface area contributed by atoms with Gasteiger partial charge in [-0.1, -0.05) is 60.7 Å². The Morgan fingerprint density at radius 2 is 1.64 bits per heavy atom. The van der Waals surface area contributed by atoms with E-state index in [4.69, 9.17) is 4.42 Å². The monoisotopic (exact) mass is 520 g/mol. The predicted octanol–water partition coefficient (Wildman–Crippen LogP) is 3.15. The SMILES string of the molecule is O=C(NCc1ncco1)C(=O)[C@@H](Cc1ccccc1)NC(=O)c1cccnc1-n1ccc(-c2ccccc2)n1. The quantitative estimate of drug-likeness (QED) is 0.270. The molecule has 2 N–H and O–H groups in total. The summed E-state index contributed by atoms with van der Waals surface area (Å²) in [6, 6.07) is 22.7. The molecule has 2 amide bonds. The van der Waals surface area contributed by atoms with Gasteiger partial charge >= 0.3 is 0 Å². The van der Waals surface area contributed by atoms with E-state index < -0.39 is 23.6 Å². The van der Waals surface area contributed by atoms with E-state index in [-0.39, 0.29) is 30.2 Å². The highest BCUT2D eigenvalue weighted by Gasteiger charge is 2.29. The number of Topliss-reactive ketones (excluding diaryl/α,β-unsaturated/α-hetero) is 1. The Bertz CT molecular complexity index is 1570. The molecule has 0 saturated heterocycles. The number of carbonyl (C=O) groups is 3. The van der Waals surface area contributed by atoms with E-state index in [1.54, 1.807) is 24.5 Å². The zero-order valence-corrected chi connectivity index (χ0v) is 20.7. The van der Waals surface area contributed by atoms with E-state index in [9.17, 15) is 14.4 Å². The van der Waals surface area contributed by atoms with E-state index >= 15 is 0 Å². The summed E-state index contributed by atoms with van der Waals surface area (Å²) in [6.07, 6.45) is 6.20. The molecule has 10 nitrogen and oxygen atoms in total. The first kappa shape index (κ1) is 25.3. The molecule has 10 heteroatoms. The summed E-state index contributed by atoms with van der Waals surface area (Å²) in [4.78, 5) is 47.7. The van der Waals surface area contributed by atoms with Crippen molar-refractivity contribution in [2.45, 2.75) is 19.0 Å². The van der Waals surface area contributed by atoms with E-state index in [0.717, 1.165) is 11.1 Å². The van der Waals surface area contributed by atoms with Crippen molar-refractivity contribution in [2.24, 2.45) is 0 Å². The van der Waals surface area contributed by atoms with E-state index in [1.165, 1.54) is 17.1 Å². The van der Waals surface area contributed by atoms with Crippen LogP contribution in [-0.2, 0) is 22.6 Å². The van der Waals surface area contributed by atoms with Crippen LogP contribution in [0.5, 0.6) is 0 Å². The van der Waals surface area contributed by atoms with Crippen molar-refractivity contribution in [3.63, 3.8) is 0 Å². The molecule has 0 spiro atoms. The Hall–Kier alpha value is -5.38. The summed E-state index contributed by atoms with van der Waals surface area (Å²) in [5, 5.41) is 9.81. The number of nitrogens with one attached hydrogen (secondary N) is 2.